The second-order valence-electron chi connectivity index (χ2n) is 4.76. The molecule has 0 bridgehead atoms. The number of hydrazine groups is 1. The van der Waals surface area contributed by atoms with Crippen LogP contribution in [0.3, 0.4) is 0 Å². The summed E-state index contributed by atoms with van der Waals surface area (Å²) in [4.78, 5) is 0. The van der Waals surface area contributed by atoms with Crippen molar-refractivity contribution in [2.75, 3.05) is 19.1 Å². The standard InChI is InChI=1S/C11H20IN3O2S/c12-18-8-15(14)7-10(13)9-1-3-11(4-2-9)16-5-6-17-11/h7,9H,1-6,8,13-14H2/b10-7-. The summed E-state index contributed by atoms with van der Waals surface area (Å²) in [6, 6.07) is 0. The summed E-state index contributed by atoms with van der Waals surface area (Å²) < 4.78 is 11.4. The lowest BCUT2D eigenvalue weighted by atomic mass is 9.83. The monoisotopic (exact) mass is 385 g/mol. The molecule has 0 aromatic rings. The van der Waals surface area contributed by atoms with Gasteiger partial charge in [-0.15, -0.1) is 0 Å². The molecule has 0 aromatic carbocycles. The van der Waals surface area contributed by atoms with Crippen molar-refractivity contribution in [2.45, 2.75) is 31.5 Å². The molecule has 1 saturated heterocycles. The molecule has 1 saturated carbocycles. The maximum Gasteiger partial charge on any atom is 0.168 e. The van der Waals surface area contributed by atoms with E-state index in [2.05, 4.69) is 21.2 Å². The quantitative estimate of drug-likeness (QED) is 0.334. The van der Waals surface area contributed by atoms with Crippen LogP contribution >= 0.6 is 30.1 Å². The molecule has 0 atom stereocenters. The highest BCUT2D eigenvalue weighted by molar-refractivity contribution is 14.2. The molecule has 18 heavy (non-hydrogen) atoms. The molecule has 5 nitrogen and oxygen atoms in total. The van der Waals surface area contributed by atoms with E-state index in [1.54, 1.807) is 13.9 Å². The topological polar surface area (TPSA) is 73.7 Å². The van der Waals surface area contributed by atoms with Gasteiger partial charge in [0.2, 0.25) is 0 Å². The molecule has 1 heterocycles. The van der Waals surface area contributed by atoms with Gasteiger partial charge in [-0.1, -0.05) is 8.93 Å². The highest BCUT2D eigenvalue weighted by atomic mass is 127. The Labute approximate surface area is 124 Å². The molecular formula is C11H20IN3O2S. The van der Waals surface area contributed by atoms with E-state index in [9.17, 15) is 0 Å². The Morgan fingerprint density at radius 3 is 2.56 bits per heavy atom. The Morgan fingerprint density at radius 1 is 1.39 bits per heavy atom. The predicted octanol–water partition coefficient (Wildman–Crippen LogP) is 1.94. The minimum Gasteiger partial charge on any atom is -0.401 e. The zero-order valence-electron chi connectivity index (χ0n) is 10.3. The summed E-state index contributed by atoms with van der Waals surface area (Å²) in [5.41, 5.74) is 6.98. The summed E-state index contributed by atoms with van der Waals surface area (Å²) in [6.45, 7) is 1.44. The zero-order chi connectivity index (χ0) is 13.0. The van der Waals surface area contributed by atoms with Crippen LogP contribution in [0.5, 0.6) is 0 Å². The van der Waals surface area contributed by atoms with Crippen molar-refractivity contribution < 1.29 is 9.47 Å². The number of nitrogens with zero attached hydrogens (tertiary/aromatic N) is 1. The van der Waals surface area contributed by atoms with Gasteiger partial charge in [-0.25, -0.2) is 5.84 Å². The number of halogens is 1. The van der Waals surface area contributed by atoms with Gasteiger partial charge in [-0.3, -0.25) is 0 Å². The highest BCUT2D eigenvalue weighted by Gasteiger charge is 2.40. The third kappa shape index (κ3) is 3.66. The van der Waals surface area contributed by atoms with Crippen LogP contribution < -0.4 is 11.6 Å². The first-order chi connectivity index (χ1) is 8.65. The van der Waals surface area contributed by atoms with Gasteiger partial charge in [0.25, 0.3) is 0 Å². The average molecular weight is 385 g/mol. The van der Waals surface area contributed by atoms with Crippen LogP contribution in [0, 0.1) is 5.92 Å². The molecule has 0 amide bonds. The first-order valence-electron chi connectivity index (χ1n) is 6.15. The molecule has 0 unspecified atom stereocenters. The van der Waals surface area contributed by atoms with Crippen LogP contribution in [-0.2, 0) is 9.47 Å². The predicted molar refractivity (Wildman–Crippen MR) is 81.4 cm³/mol. The Hall–Kier alpha value is 0.300. The van der Waals surface area contributed by atoms with E-state index in [1.807, 2.05) is 6.20 Å². The number of rotatable bonds is 4. The molecule has 4 N–H and O–H groups in total. The molecular weight excluding hydrogens is 365 g/mol. The lowest BCUT2D eigenvalue weighted by molar-refractivity contribution is -0.180. The van der Waals surface area contributed by atoms with Gasteiger partial charge in [0.05, 0.1) is 19.1 Å². The van der Waals surface area contributed by atoms with Crippen LogP contribution in [0.25, 0.3) is 0 Å². The Bertz CT molecular complexity index is 301. The normalized spacial score (nSPS) is 24.7. The van der Waals surface area contributed by atoms with Crippen molar-refractivity contribution in [3.8, 4) is 0 Å². The van der Waals surface area contributed by atoms with Gasteiger partial charge in [-0.05, 0) is 34.0 Å². The SMILES string of the molecule is N/C(=C\N(N)CSI)C1CCC2(CC1)OCCO2. The minimum absolute atomic E-state index is 0.308. The van der Waals surface area contributed by atoms with Crippen LogP contribution in [0.2, 0.25) is 0 Å². The van der Waals surface area contributed by atoms with Crippen LogP contribution in [0.15, 0.2) is 11.9 Å². The molecule has 0 radical (unpaired) electrons. The van der Waals surface area contributed by atoms with Gasteiger partial charge in [0.15, 0.2) is 5.79 Å². The molecule has 1 spiro atoms. The van der Waals surface area contributed by atoms with Gasteiger partial charge >= 0.3 is 0 Å². The molecule has 0 aromatic heterocycles. The Balaban J connectivity index is 1.85. The van der Waals surface area contributed by atoms with Crippen LogP contribution in [0.1, 0.15) is 25.7 Å². The van der Waals surface area contributed by atoms with Gasteiger partial charge in [-0.2, -0.15) is 0 Å². The number of hydrogen-bond donors (Lipinski definition) is 2. The fourth-order valence-corrected chi connectivity index (χ4v) is 3.72. The summed E-state index contributed by atoms with van der Waals surface area (Å²) >= 11 is 2.22. The molecule has 2 aliphatic rings. The van der Waals surface area contributed by atoms with Crippen LogP contribution in [-0.4, -0.2) is 29.9 Å². The van der Waals surface area contributed by atoms with Crippen molar-refractivity contribution in [1.82, 2.24) is 5.01 Å². The molecule has 2 rings (SSSR count). The van der Waals surface area contributed by atoms with E-state index in [1.165, 1.54) is 0 Å². The minimum atomic E-state index is -0.308. The third-order valence-electron chi connectivity index (χ3n) is 3.55. The van der Waals surface area contributed by atoms with E-state index in [4.69, 9.17) is 21.1 Å². The van der Waals surface area contributed by atoms with E-state index >= 15 is 0 Å². The zero-order valence-corrected chi connectivity index (χ0v) is 13.3. The number of nitrogens with two attached hydrogens (primary N) is 2. The Kier molecular flexibility index (Phi) is 5.43. The summed E-state index contributed by atoms with van der Waals surface area (Å²) in [5, 5.41) is 1.64. The average Bonchev–Trinajstić information content (AvgIpc) is 2.78. The van der Waals surface area contributed by atoms with Crippen molar-refractivity contribution in [1.29, 1.82) is 0 Å². The first-order valence-corrected chi connectivity index (χ1v) is 9.68. The number of allylic oxidation sites excluding steroid dienone is 1. The van der Waals surface area contributed by atoms with Gasteiger partial charge in [0, 0.05) is 30.7 Å². The maximum absolute atomic E-state index is 6.11. The lowest BCUT2D eigenvalue weighted by Crippen LogP contribution is -2.37. The third-order valence-corrected chi connectivity index (χ3v) is 4.78. The molecule has 2 fully saturated rings. The first kappa shape index (κ1) is 14.7. The molecule has 104 valence electrons. The fourth-order valence-electron chi connectivity index (χ4n) is 2.57. The second kappa shape index (κ2) is 6.65. The fraction of sp³-hybridized carbons (Fsp3) is 0.818. The summed E-state index contributed by atoms with van der Waals surface area (Å²) in [5.74, 6) is 6.64. The smallest absolute Gasteiger partial charge is 0.168 e. The van der Waals surface area contributed by atoms with Gasteiger partial charge in [0.1, 0.15) is 0 Å². The van der Waals surface area contributed by atoms with Crippen molar-refractivity contribution in [3.63, 3.8) is 0 Å². The van der Waals surface area contributed by atoms with E-state index in [0.29, 0.717) is 5.92 Å². The van der Waals surface area contributed by atoms with Crippen molar-refractivity contribution >= 4 is 30.1 Å². The van der Waals surface area contributed by atoms with E-state index in [-0.39, 0.29) is 5.79 Å². The lowest BCUT2D eigenvalue weighted by Gasteiger charge is -2.35. The van der Waals surface area contributed by atoms with Gasteiger partial charge < -0.3 is 20.2 Å². The number of ether oxygens (including phenoxy) is 2. The van der Waals surface area contributed by atoms with Crippen molar-refractivity contribution in [3.05, 3.63) is 11.9 Å². The number of hydrogen-bond acceptors (Lipinski definition) is 6. The Morgan fingerprint density at radius 2 is 2.00 bits per heavy atom. The molecule has 7 heteroatoms. The maximum atomic E-state index is 6.11. The summed E-state index contributed by atoms with van der Waals surface area (Å²) in [6.07, 6.45) is 5.72. The second-order valence-corrected chi connectivity index (χ2v) is 7.11. The molecule has 1 aliphatic carbocycles. The van der Waals surface area contributed by atoms with Crippen LogP contribution in [0.4, 0.5) is 0 Å². The highest BCUT2D eigenvalue weighted by Crippen LogP contribution is 2.39. The largest absolute Gasteiger partial charge is 0.401 e. The van der Waals surface area contributed by atoms with Crippen molar-refractivity contribution in [2.24, 2.45) is 17.5 Å². The molecule has 1 aliphatic heterocycles. The van der Waals surface area contributed by atoms with E-state index in [0.717, 1.165) is 50.5 Å². The summed E-state index contributed by atoms with van der Waals surface area (Å²) in [7, 11) is 1.64. The van der Waals surface area contributed by atoms with E-state index < -0.39 is 0 Å².